The predicted octanol–water partition coefficient (Wildman–Crippen LogP) is 3.10. The Morgan fingerprint density at radius 1 is 1.47 bits per heavy atom. The summed E-state index contributed by atoms with van der Waals surface area (Å²) in [7, 11) is 2.16. The first-order valence-corrected chi connectivity index (χ1v) is 7.47. The van der Waals surface area contributed by atoms with Crippen molar-refractivity contribution in [3.63, 3.8) is 0 Å². The van der Waals surface area contributed by atoms with Crippen LogP contribution in [0.25, 0.3) is 0 Å². The number of anilines is 1. The molecule has 0 radical (unpaired) electrons. The summed E-state index contributed by atoms with van der Waals surface area (Å²) in [4.78, 5) is 8.43. The van der Waals surface area contributed by atoms with E-state index in [2.05, 4.69) is 25.8 Å². The third-order valence-electron chi connectivity index (χ3n) is 3.77. The maximum atomic E-state index is 6.15. The molecule has 1 atom stereocenters. The van der Waals surface area contributed by atoms with E-state index >= 15 is 0 Å². The molecule has 96 valence electrons. The van der Waals surface area contributed by atoms with Gasteiger partial charge in [-0.2, -0.15) is 0 Å². The van der Waals surface area contributed by atoms with E-state index in [1.807, 2.05) is 0 Å². The van der Waals surface area contributed by atoms with Gasteiger partial charge in [0.1, 0.15) is 0 Å². The normalized spacial score (nSPS) is 19.5. The predicted molar refractivity (Wildman–Crippen MR) is 74.8 cm³/mol. The number of aryl methyl sites for hydroxylation is 1. The van der Waals surface area contributed by atoms with Crippen LogP contribution in [0.3, 0.4) is 0 Å². The summed E-state index contributed by atoms with van der Waals surface area (Å²) in [5.74, 6) is 0. The van der Waals surface area contributed by atoms with Crippen LogP contribution in [-0.4, -0.2) is 18.1 Å². The van der Waals surface area contributed by atoms with E-state index in [1.54, 1.807) is 11.3 Å². The van der Waals surface area contributed by atoms with Crippen LogP contribution in [0.15, 0.2) is 0 Å². The van der Waals surface area contributed by atoms with E-state index in [-0.39, 0.29) is 6.04 Å². The van der Waals surface area contributed by atoms with Crippen LogP contribution in [0.4, 0.5) is 5.13 Å². The molecule has 1 aliphatic rings. The minimum atomic E-state index is 0.222. The van der Waals surface area contributed by atoms with Crippen LogP contribution in [0, 0.1) is 0 Å². The molecule has 0 saturated heterocycles. The lowest BCUT2D eigenvalue weighted by molar-refractivity contribution is 0.570. The highest BCUT2D eigenvalue weighted by Gasteiger charge is 2.24. The van der Waals surface area contributed by atoms with Gasteiger partial charge in [-0.1, -0.05) is 25.2 Å². The molecule has 0 saturated carbocycles. The van der Waals surface area contributed by atoms with Crippen molar-refractivity contribution in [1.29, 1.82) is 0 Å². The first-order valence-electron chi connectivity index (χ1n) is 6.65. The van der Waals surface area contributed by atoms with Crippen LogP contribution in [0.5, 0.6) is 0 Å². The molecule has 17 heavy (non-hydrogen) atoms. The Balaban J connectivity index is 2.22. The molecule has 1 aliphatic carbocycles. The fraction of sp³-hybridized carbons (Fsp3) is 0.769. The molecule has 2 rings (SSSR count). The van der Waals surface area contributed by atoms with Gasteiger partial charge in [0.15, 0.2) is 5.13 Å². The summed E-state index contributed by atoms with van der Waals surface area (Å²) >= 11 is 1.80. The van der Waals surface area contributed by atoms with Crippen molar-refractivity contribution < 1.29 is 0 Å². The number of aromatic nitrogens is 1. The Morgan fingerprint density at radius 2 is 2.18 bits per heavy atom. The van der Waals surface area contributed by atoms with Gasteiger partial charge in [0.25, 0.3) is 0 Å². The average Bonchev–Trinajstić information content (AvgIpc) is 2.76. The molecule has 1 unspecified atom stereocenters. The Hall–Kier alpha value is -0.610. The first-order chi connectivity index (χ1) is 8.17. The number of thiazole rings is 1. The average molecular weight is 253 g/mol. The summed E-state index contributed by atoms with van der Waals surface area (Å²) in [6.45, 7) is 4.48. The SMILES string of the molecule is CCC(CC)N(C)c1nc2c(s1)C(N)CCC2. The monoisotopic (exact) mass is 253 g/mol. The zero-order chi connectivity index (χ0) is 12.4. The first kappa shape index (κ1) is 12.8. The zero-order valence-electron chi connectivity index (χ0n) is 11.1. The van der Waals surface area contributed by atoms with Crippen LogP contribution < -0.4 is 10.6 Å². The van der Waals surface area contributed by atoms with Gasteiger partial charge in [-0.05, 0) is 32.1 Å². The second-order valence-electron chi connectivity index (χ2n) is 4.89. The number of nitrogens with two attached hydrogens (primary N) is 1. The molecule has 0 amide bonds. The molecular formula is C13H23N3S. The van der Waals surface area contributed by atoms with E-state index in [0.717, 1.165) is 18.0 Å². The van der Waals surface area contributed by atoms with E-state index in [1.165, 1.54) is 29.8 Å². The molecule has 1 aromatic heterocycles. The van der Waals surface area contributed by atoms with Gasteiger partial charge in [0.2, 0.25) is 0 Å². The van der Waals surface area contributed by atoms with Crippen LogP contribution in [0.2, 0.25) is 0 Å². The minimum absolute atomic E-state index is 0.222. The lowest BCUT2D eigenvalue weighted by Crippen LogP contribution is -2.30. The molecule has 4 heteroatoms. The van der Waals surface area contributed by atoms with E-state index in [4.69, 9.17) is 10.7 Å². The lowest BCUT2D eigenvalue weighted by atomic mass is 9.99. The number of nitrogens with zero attached hydrogens (tertiary/aromatic N) is 2. The maximum Gasteiger partial charge on any atom is 0.185 e. The van der Waals surface area contributed by atoms with E-state index in [0.29, 0.717) is 6.04 Å². The Labute approximate surface area is 108 Å². The molecular weight excluding hydrogens is 230 g/mol. The van der Waals surface area contributed by atoms with Gasteiger partial charge >= 0.3 is 0 Å². The molecule has 0 aliphatic heterocycles. The zero-order valence-corrected chi connectivity index (χ0v) is 11.9. The van der Waals surface area contributed by atoms with Crippen molar-refractivity contribution in [3.05, 3.63) is 10.6 Å². The van der Waals surface area contributed by atoms with Crippen molar-refractivity contribution in [1.82, 2.24) is 4.98 Å². The van der Waals surface area contributed by atoms with Crippen molar-refractivity contribution in [2.75, 3.05) is 11.9 Å². The van der Waals surface area contributed by atoms with Gasteiger partial charge in [0.05, 0.1) is 5.69 Å². The highest BCUT2D eigenvalue weighted by molar-refractivity contribution is 7.15. The molecule has 1 heterocycles. The van der Waals surface area contributed by atoms with Gasteiger partial charge in [0, 0.05) is 24.0 Å². The van der Waals surface area contributed by atoms with Gasteiger partial charge in [-0.25, -0.2) is 4.98 Å². The quantitative estimate of drug-likeness (QED) is 0.896. The lowest BCUT2D eigenvalue weighted by Gasteiger charge is -2.25. The molecule has 0 spiro atoms. The fourth-order valence-corrected chi connectivity index (χ4v) is 3.76. The van der Waals surface area contributed by atoms with Crippen LogP contribution in [0.1, 0.15) is 56.1 Å². The smallest absolute Gasteiger partial charge is 0.185 e. The summed E-state index contributed by atoms with van der Waals surface area (Å²) in [5, 5.41) is 1.15. The number of hydrogen-bond acceptors (Lipinski definition) is 4. The van der Waals surface area contributed by atoms with E-state index < -0.39 is 0 Å². The summed E-state index contributed by atoms with van der Waals surface area (Å²) < 4.78 is 0. The second kappa shape index (κ2) is 5.36. The number of hydrogen-bond donors (Lipinski definition) is 1. The third kappa shape index (κ3) is 2.47. The molecule has 2 N–H and O–H groups in total. The number of rotatable bonds is 4. The Bertz CT molecular complexity index is 371. The van der Waals surface area contributed by atoms with Crippen molar-refractivity contribution in [3.8, 4) is 0 Å². The molecule has 0 fully saturated rings. The molecule has 0 bridgehead atoms. The largest absolute Gasteiger partial charge is 0.348 e. The van der Waals surface area contributed by atoms with Crippen LogP contribution >= 0.6 is 11.3 Å². The summed E-state index contributed by atoms with van der Waals surface area (Å²) in [5.41, 5.74) is 7.40. The Morgan fingerprint density at radius 3 is 2.76 bits per heavy atom. The topological polar surface area (TPSA) is 42.2 Å². The molecule has 0 aromatic carbocycles. The van der Waals surface area contributed by atoms with Crippen molar-refractivity contribution >= 4 is 16.5 Å². The van der Waals surface area contributed by atoms with Gasteiger partial charge < -0.3 is 10.6 Å². The molecule has 3 nitrogen and oxygen atoms in total. The maximum absolute atomic E-state index is 6.15. The van der Waals surface area contributed by atoms with Gasteiger partial charge in [-0.3, -0.25) is 0 Å². The Kier molecular flexibility index (Phi) is 4.05. The fourth-order valence-electron chi connectivity index (χ4n) is 2.58. The van der Waals surface area contributed by atoms with Crippen molar-refractivity contribution in [2.24, 2.45) is 5.73 Å². The standard InChI is InChI=1S/C13H23N3S/c1-4-9(5-2)16(3)13-15-11-8-6-7-10(14)12(11)17-13/h9-10H,4-8,14H2,1-3H3. The van der Waals surface area contributed by atoms with Crippen molar-refractivity contribution in [2.45, 2.75) is 58.0 Å². The number of fused-ring (bicyclic) bond motifs is 1. The minimum Gasteiger partial charge on any atom is -0.348 e. The second-order valence-corrected chi connectivity index (χ2v) is 5.90. The van der Waals surface area contributed by atoms with E-state index in [9.17, 15) is 0 Å². The highest BCUT2D eigenvalue weighted by Crippen LogP contribution is 2.36. The van der Waals surface area contributed by atoms with Crippen LogP contribution in [-0.2, 0) is 6.42 Å². The highest BCUT2D eigenvalue weighted by atomic mass is 32.1. The summed E-state index contributed by atoms with van der Waals surface area (Å²) in [6.07, 6.45) is 5.75. The summed E-state index contributed by atoms with van der Waals surface area (Å²) in [6, 6.07) is 0.818. The molecule has 1 aromatic rings. The van der Waals surface area contributed by atoms with Gasteiger partial charge in [-0.15, -0.1) is 0 Å². The third-order valence-corrected chi connectivity index (χ3v) is 5.09.